The van der Waals surface area contributed by atoms with E-state index in [9.17, 15) is 9.59 Å². The molecule has 0 fully saturated rings. The monoisotopic (exact) mass is 246 g/mol. The molecule has 0 aromatic heterocycles. The van der Waals surface area contributed by atoms with Crippen molar-refractivity contribution in [2.75, 3.05) is 10.6 Å². The fraction of sp³-hybridized carbons (Fsp3) is 0.111. The predicted molar refractivity (Wildman–Crippen MR) is 60.9 cm³/mol. The van der Waals surface area contributed by atoms with Crippen LogP contribution >= 0.6 is 23.2 Å². The first-order valence-corrected chi connectivity index (χ1v) is 4.78. The van der Waals surface area contributed by atoms with E-state index >= 15 is 0 Å². The molecule has 0 aliphatic carbocycles. The molecule has 0 aliphatic heterocycles. The second-order valence-electron chi connectivity index (χ2n) is 2.83. The Morgan fingerprint density at radius 3 is 2.27 bits per heavy atom. The van der Waals surface area contributed by atoms with Crippen molar-refractivity contribution in [3.8, 4) is 0 Å². The van der Waals surface area contributed by atoms with Crippen LogP contribution in [0.15, 0.2) is 18.2 Å². The minimum absolute atomic E-state index is 0.487. The highest BCUT2D eigenvalue weighted by atomic mass is 35.5. The van der Waals surface area contributed by atoms with Crippen molar-refractivity contribution in [1.29, 1.82) is 0 Å². The van der Waals surface area contributed by atoms with Crippen LogP contribution in [-0.4, -0.2) is 10.7 Å². The van der Waals surface area contributed by atoms with Gasteiger partial charge in [-0.15, -0.1) is 0 Å². The zero-order valence-corrected chi connectivity index (χ0v) is 9.32. The Labute approximate surface area is 96.6 Å². The molecule has 2 N–H and O–H groups in total. The third kappa shape index (κ3) is 3.77. The molecule has 80 valence electrons. The molecule has 2 amide bonds. The quantitative estimate of drug-likeness (QED) is 0.620. The van der Waals surface area contributed by atoms with E-state index in [-0.39, 0.29) is 0 Å². The van der Waals surface area contributed by atoms with Gasteiger partial charge >= 0.3 is 10.7 Å². The fourth-order valence-electron chi connectivity index (χ4n) is 1.05. The summed E-state index contributed by atoms with van der Waals surface area (Å²) in [6.45, 7) is 1.80. The van der Waals surface area contributed by atoms with E-state index in [0.29, 0.717) is 11.4 Å². The fourth-order valence-corrected chi connectivity index (χ4v) is 1.26. The summed E-state index contributed by atoms with van der Waals surface area (Å²) in [6.07, 6.45) is 0. The standard InChI is InChI=1S/C9H8Cl2N2O2/c1-5-2-3-6(12-8(10)14)4-7(5)13-9(11)15/h2-4H,1H3,(H,12,14)(H,13,15). The summed E-state index contributed by atoms with van der Waals surface area (Å²) in [5.74, 6) is 0. The minimum Gasteiger partial charge on any atom is -0.312 e. The van der Waals surface area contributed by atoms with E-state index < -0.39 is 10.7 Å². The normalized spacial score (nSPS) is 9.53. The Balaban J connectivity index is 2.94. The first-order chi connectivity index (χ1) is 6.99. The van der Waals surface area contributed by atoms with E-state index in [4.69, 9.17) is 23.2 Å². The number of hydrogen-bond donors (Lipinski definition) is 2. The number of aryl methyl sites for hydroxylation is 1. The number of hydrogen-bond acceptors (Lipinski definition) is 2. The summed E-state index contributed by atoms with van der Waals surface area (Å²) >= 11 is 10.3. The van der Waals surface area contributed by atoms with Crippen molar-refractivity contribution >= 4 is 45.3 Å². The molecule has 0 unspecified atom stereocenters. The van der Waals surface area contributed by atoms with E-state index in [1.165, 1.54) is 0 Å². The van der Waals surface area contributed by atoms with E-state index in [1.807, 2.05) is 0 Å². The van der Waals surface area contributed by atoms with Crippen LogP contribution in [0, 0.1) is 6.92 Å². The van der Waals surface area contributed by atoms with Gasteiger partial charge in [0.15, 0.2) is 0 Å². The highest BCUT2D eigenvalue weighted by Gasteiger charge is 2.04. The summed E-state index contributed by atoms with van der Waals surface area (Å²) in [5.41, 5.74) is 1.84. The molecule has 0 saturated carbocycles. The minimum atomic E-state index is -0.693. The maximum Gasteiger partial charge on any atom is 0.318 e. The van der Waals surface area contributed by atoms with E-state index in [2.05, 4.69) is 10.6 Å². The molecule has 0 spiro atoms. The number of carbonyl (C=O) groups is 2. The van der Waals surface area contributed by atoms with Gasteiger partial charge < -0.3 is 10.6 Å². The van der Waals surface area contributed by atoms with Gasteiger partial charge in [0.2, 0.25) is 0 Å². The molecule has 6 heteroatoms. The van der Waals surface area contributed by atoms with Gasteiger partial charge in [0.1, 0.15) is 0 Å². The second-order valence-corrected chi connectivity index (χ2v) is 3.51. The molecule has 0 bridgehead atoms. The van der Waals surface area contributed by atoms with Crippen molar-refractivity contribution in [2.24, 2.45) is 0 Å². The number of amides is 2. The lowest BCUT2D eigenvalue weighted by Crippen LogP contribution is -2.05. The summed E-state index contributed by atoms with van der Waals surface area (Å²) in [5, 5.41) is 3.42. The van der Waals surface area contributed by atoms with Crippen LogP contribution in [0.3, 0.4) is 0 Å². The SMILES string of the molecule is Cc1ccc(NC(=O)Cl)cc1NC(=O)Cl. The maximum absolute atomic E-state index is 10.6. The van der Waals surface area contributed by atoms with Crippen molar-refractivity contribution in [1.82, 2.24) is 0 Å². The van der Waals surface area contributed by atoms with Crippen LogP contribution in [0.5, 0.6) is 0 Å². The zero-order chi connectivity index (χ0) is 11.4. The third-order valence-corrected chi connectivity index (χ3v) is 1.90. The zero-order valence-electron chi connectivity index (χ0n) is 7.80. The number of anilines is 2. The Kier molecular flexibility index (Phi) is 3.94. The molecule has 1 aromatic rings. The van der Waals surface area contributed by atoms with Gasteiger partial charge in [0, 0.05) is 11.4 Å². The second kappa shape index (κ2) is 5.00. The summed E-state index contributed by atoms with van der Waals surface area (Å²) in [7, 11) is 0. The molecule has 1 aromatic carbocycles. The number of halogens is 2. The number of benzene rings is 1. The average Bonchev–Trinajstić information content (AvgIpc) is 2.09. The van der Waals surface area contributed by atoms with Gasteiger partial charge in [-0.3, -0.25) is 9.59 Å². The number of nitrogens with one attached hydrogen (secondary N) is 2. The van der Waals surface area contributed by atoms with Crippen molar-refractivity contribution in [2.45, 2.75) is 6.92 Å². The molecular formula is C9H8Cl2N2O2. The van der Waals surface area contributed by atoms with E-state index in [0.717, 1.165) is 5.56 Å². The Hall–Kier alpha value is -1.26. The van der Waals surface area contributed by atoms with Crippen molar-refractivity contribution < 1.29 is 9.59 Å². The van der Waals surface area contributed by atoms with E-state index in [1.54, 1.807) is 25.1 Å². The van der Waals surface area contributed by atoms with Crippen molar-refractivity contribution in [3.05, 3.63) is 23.8 Å². The lowest BCUT2D eigenvalue weighted by atomic mass is 10.2. The molecular weight excluding hydrogens is 239 g/mol. The molecule has 0 radical (unpaired) electrons. The third-order valence-electron chi connectivity index (χ3n) is 1.71. The number of carbonyl (C=O) groups excluding carboxylic acids is 2. The highest BCUT2D eigenvalue weighted by molar-refractivity contribution is 6.66. The highest BCUT2D eigenvalue weighted by Crippen LogP contribution is 2.21. The largest absolute Gasteiger partial charge is 0.318 e. The molecule has 0 atom stereocenters. The average molecular weight is 247 g/mol. The predicted octanol–water partition coefficient (Wildman–Crippen LogP) is 3.54. The smallest absolute Gasteiger partial charge is 0.312 e. The topological polar surface area (TPSA) is 58.2 Å². The molecule has 15 heavy (non-hydrogen) atoms. The molecule has 0 saturated heterocycles. The Morgan fingerprint density at radius 1 is 1.13 bits per heavy atom. The van der Waals surface area contributed by atoms with Crippen LogP contribution in [0.1, 0.15) is 5.56 Å². The molecule has 0 heterocycles. The summed E-state index contributed by atoms with van der Waals surface area (Å²) in [6, 6.07) is 4.96. The van der Waals surface area contributed by atoms with Crippen molar-refractivity contribution in [3.63, 3.8) is 0 Å². The van der Waals surface area contributed by atoms with Crippen LogP contribution in [0.4, 0.5) is 21.0 Å². The summed E-state index contributed by atoms with van der Waals surface area (Å²) in [4.78, 5) is 21.2. The number of rotatable bonds is 2. The lowest BCUT2D eigenvalue weighted by molar-refractivity contribution is 0.268. The first kappa shape index (κ1) is 11.8. The summed E-state index contributed by atoms with van der Waals surface area (Å²) < 4.78 is 0. The Morgan fingerprint density at radius 2 is 1.73 bits per heavy atom. The molecule has 1 rings (SSSR count). The van der Waals surface area contributed by atoms with Crippen LogP contribution in [-0.2, 0) is 0 Å². The van der Waals surface area contributed by atoms with Gasteiger partial charge in [0.05, 0.1) is 0 Å². The van der Waals surface area contributed by atoms with Gasteiger partial charge in [-0.1, -0.05) is 6.07 Å². The first-order valence-electron chi connectivity index (χ1n) is 4.02. The maximum atomic E-state index is 10.6. The van der Waals surface area contributed by atoms with Crippen LogP contribution < -0.4 is 10.6 Å². The Bertz CT molecular complexity index is 407. The van der Waals surface area contributed by atoms with Gasteiger partial charge in [-0.2, -0.15) is 0 Å². The molecule has 4 nitrogen and oxygen atoms in total. The molecule has 0 aliphatic rings. The van der Waals surface area contributed by atoms with Gasteiger partial charge in [-0.25, -0.2) is 0 Å². The van der Waals surface area contributed by atoms with Gasteiger partial charge in [0.25, 0.3) is 0 Å². The lowest BCUT2D eigenvalue weighted by Gasteiger charge is -2.08. The van der Waals surface area contributed by atoms with Gasteiger partial charge in [-0.05, 0) is 47.8 Å². The van der Waals surface area contributed by atoms with Crippen LogP contribution in [0.2, 0.25) is 0 Å². The van der Waals surface area contributed by atoms with Crippen LogP contribution in [0.25, 0.3) is 0 Å².